The first kappa shape index (κ1) is 12.9. The highest BCUT2D eigenvalue weighted by Crippen LogP contribution is 2.39. The number of nitrogens with two attached hydrogens (primary N) is 1. The molecule has 3 rings (SSSR count). The van der Waals surface area contributed by atoms with E-state index in [9.17, 15) is 0 Å². The zero-order valence-corrected chi connectivity index (χ0v) is 11.8. The fourth-order valence-corrected chi connectivity index (χ4v) is 4.40. The SMILES string of the molecule is CC(C)C1CC(N2C3CCC2CC(N)C3)CCO1. The van der Waals surface area contributed by atoms with Gasteiger partial charge in [0, 0.05) is 30.8 Å². The third-order valence-corrected chi connectivity index (χ3v) is 5.28. The quantitative estimate of drug-likeness (QED) is 0.818. The van der Waals surface area contributed by atoms with Crippen molar-refractivity contribution in [1.29, 1.82) is 0 Å². The van der Waals surface area contributed by atoms with Crippen LogP contribution in [0.2, 0.25) is 0 Å². The van der Waals surface area contributed by atoms with E-state index in [1.165, 1.54) is 38.5 Å². The molecule has 3 nitrogen and oxygen atoms in total. The maximum absolute atomic E-state index is 6.17. The maximum atomic E-state index is 6.17. The molecule has 0 aromatic heterocycles. The standard InChI is InChI=1S/C15H28N2O/c1-10(2)15-9-14(5-6-18-15)17-12-3-4-13(17)8-11(16)7-12/h10-15H,3-9,16H2,1-2H3. The van der Waals surface area contributed by atoms with Crippen LogP contribution >= 0.6 is 0 Å². The summed E-state index contributed by atoms with van der Waals surface area (Å²) >= 11 is 0. The second kappa shape index (κ2) is 5.10. The summed E-state index contributed by atoms with van der Waals surface area (Å²) in [6.07, 6.45) is 8.13. The Hall–Kier alpha value is -0.120. The van der Waals surface area contributed by atoms with Crippen LogP contribution in [0.1, 0.15) is 52.4 Å². The lowest BCUT2D eigenvalue weighted by atomic mass is 9.89. The molecule has 3 heteroatoms. The van der Waals surface area contributed by atoms with E-state index >= 15 is 0 Å². The minimum Gasteiger partial charge on any atom is -0.378 e. The number of rotatable bonds is 2. The molecule has 0 saturated carbocycles. The predicted octanol–water partition coefficient (Wildman–Crippen LogP) is 2.14. The Morgan fingerprint density at radius 1 is 1.00 bits per heavy atom. The minimum atomic E-state index is 0.458. The zero-order valence-electron chi connectivity index (χ0n) is 11.8. The molecular weight excluding hydrogens is 224 g/mol. The van der Waals surface area contributed by atoms with Crippen molar-refractivity contribution in [2.75, 3.05) is 6.61 Å². The smallest absolute Gasteiger partial charge is 0.0612 e. The van der Waals surface area contributed by atoms with E-state index in [-0.39, 0.29) is 0 Å². The molecule has 4 atom stereocenters. The first-order valence-electron chi connectivity index (χ1n) is 7.79. The molecule has 0 aromatic rings. The molecule has 0 aromatic carbocycles. The Labute approximate surface area is 111 Å². The van der Waals surface area contributed by atoms with Gasteiger partial charge in [-0.3, -0.25) is 4.90 Å². The fraction of sp³-hybridized carbons (Fsp3) is 1.00. The third kappa shape index (κ3) is 2.33. The van der Waals surface area contributed by atoms with Crippen molar-refractivity contribution in [2.45, 2.75) is 82.6 Å². The molecule has 3 heterocycles. The van der Waals surface area contributed by atoms with Crippen LogP contribution in [0.25, 0.3) is 0 Å². The van der Waals surface area contributed by atoms with Crippen LogP contribution < -0.4 is 5.73 Å². The van der Waals surface area contributed by atoms with Gasteiger partial charge in [-0.1, -0.05) is 13.8 Å². The van der Waals surface area contributed by atoms with E-state index < -0.39 is 0 Å². The average Bonchev–Trinajstić information content (AvgIpc) is 2.62. The zero-order chi connectivity index (χ0) is 12.7. The molecule has 18 heavy (non-hydrogen) atoms. The van der Waals surface area contributed by atoms with Gasteiger partial charge in [-0.2, -0.15) is 0 Å². The first-order valence-corrected chi connectivity index (χ1v) is 7.79. The lowest BCUT2D eigenvalue weighted by molar-refractivity contribution is -0.0647. The molecular formula is C15H28N2O. The van der Waals surface area contributed by atoms with Gasteiger partial charge >= 0.3 is 0 Å². The van der Waals surface area contributed by atoms with Crippen molar-refractivity contribution in [1.82, 2.24) is 4.90 Å². The largest absolute Gasteiger partial charge is 0.378 e. The third-order valence-electron chi connectivity index (χ3n) is 5.28. The van der Waals surface area contributed by atoms with E-state index in [1.54, 1.807) is 0 Å². The number of fused-ring (bicyclic) bond motifs is 2. The molecule has 0 radical (unpaired) electrons. The van der Waals surface area contributed by atoms with E-state index in [2.05, 4.69) is 18.7 Å². The highest BCUT2D eigenvalue weighted by atomic mass is 16.5. The molecule has 3 aliphatic heterocycles. The lowest BCUT2D eigenvalue weighted by Gasteiger charge is -2.46. The number of hydrogen-bond donors (Lipinski definition) is 1. The summed E-state index contributed by atoms with van der Waals surface area (Å²) < 4.78 is 5.92. The Morgan fingerprint density at radius 3 is 2.22 bits per heavy atom. The van der Waals surface area contributed by atoms with Gasteiger partial charge in [-0.15, -0.1) is 0 Å². The molecule has 0 aliphatic carbocycles. The Morgan fingerprint density at radius 2 is 1.61 bits per heavy atom. The number of nitrogens with zero attached hydrogens (tertiary/aromatic N) is 1. The average molecular weight is 252 g/mol. The Balaban J connectivity index is 1.68. The van der Waals surface area contributed by atoms with Crippen LogP contribution in [0.5, 0.6) is 0 Å². The molecule has 0 spiro atoms. The number of piperidine rings is 1. The molecule has 3 saturated heterocycles. The van der Waals surface area contributed by atoms with Crippen LogP contribution in [0.4, 0.5) is 0 Å². The Kier molecular flexibility index (Phi) is 3.65. The van der Waals surface area contributed by atoms with Crippen LogP contribution in [-0.4, -0.2) is 41.8 Å². The predicted molar refractivity (Wildman–Crippen MR) is 73.5 cm³/mol. The normalized spacial score (nSPS) is 45.7. The molecule has 0 amide bonds. The maximum Gasteiger partial charge on any atom is 0.0612 e. The number of ether oxygens (including phenoxy) is 1. The Bertz CT molecular complexity index is 280. The molecule has 2 N–H and O–H groups in total. The molecule has 2 bridgehead atoms. The summed E-state index contributed by atoms with van der Waals surface area (Å²) in [5.41, 5.74) is 6.17. The first-order chi connectivity index (χ1) is 8.65. The summed E-state index contributed by atoms with van der Waals surface area (Å²) in [4.78, 5) is 2.83. The van der Waals surface area contributed by atoms with Gasteiger partial charge in [0.05, 0.1) is 6.10 Å². The van der Waals surface area contributed by atoms with Gasteiger partial charge in [0.25, 0.3) is 0 Å². The van der Waals surface area contributed by atoms with Crippen molar-refractivity contribution in [3.05, 3.63) is 0 Å². The summed E-state index contributed by atoms with van der Waals surface area (Å²) in [6, 6.07) is 2.76. The van der Waals surface area contributed by atoms with Gasteiger partial charge < -0.3 is 10.5 Å². The van der Waals surface area contributed by atoms with Crippen molar-refractivity contribution < 1.29 is 4.74 Å². The van der Waals surface area contributed by atoms with Gasteiger partial charge in [0.2, 0.25) is 0 Å². The summed E-state index contributed by atoms with van der Waals surface area (Å²) in [5, 5.41) is 0. The molecule has 3 fully saturated rings. The molecule has 4 unspecified atom stereocenters. The fourth-order valence-electron chi connectivity index (χ4n) is 4.40. The topological polar surface area (TPSA) is 38.5 Å². The number of hydrogen-bond acceptors (Lipinski definition) is 3. The van der Waals surface area contributed by atoms with Crippen LogP contribution in [0.3, 0.4) is 0 Å². The van der Waals surface area contributed by atoms with Crippen molar-refractivity contribution in [3.8, 4) is 0 Å². The van der Waals surface area contributed by atoms with E-state index in [0.29, 0.717) is 18.1 Å². The monoisotopic (exact) mass is 252 g/mol. The van der Waals surface area contributed by atoms with Crippen LogP contribution in [-0.2, 0) is 4.74 Å². The van der Waals surface area contributed by atoms with E-state index in [1.807, 2.05) is 0 Å². The van der Waals surface area contributed by atoms with Gasteiger partial charge in [0.1, 0.15) is 0 Å². The van der Waals surface area contributed by atoms with Crippen molar-refractivity contribution in [3.63, 3.8) is 0 Å². The lowest BCUT2D eigenvalue weighted by Crippen LogP contribution is -2.54. The second-order valence-corrected chi connectivity index (χ2v) is 6.90. The second-order valence-electron chi connectivity index (χ2n) is 6.90. The van der Waals surface area contributed by atoms with Crippen molar-refractivity contribution >= 4 is 0 Å². The van der Waals surface area contributed by atoms with Gasteiger partial charge in [-0.25, -0.2) is 0 Å². The van der Waals surface area contributed by atoms with E-state index in [0.717, 1.165) is 24.7 Å². The van der Waals surface area contributed by atoms with Crippen LogP contribution in [0, 0.1) is 5.92 Å². The van der Waals surface area contributed by atoms with Gasteiger partial charge in [-0.05, 0) is 44.4 Å². The summed E-state index contributed by atoms with van der Waals surface area (Å²) in [7, 11) is 0. The highest BCUT2D eigenvalue weighted by Gasteiger charge is 2.44. The van der Waals surface area contributed by atoms with Gasteiger partial charge in [0.15, 0.2) is 0 Å². The summed E-state index contributed by atoms with van der Waals surface area (Å²) in [5.74, 6) is 0.650. The minimum absolute atomic E-state index is 0.458. The summed E-state index contributed by atoms with van der Waals surface area (Å²) in [6.45, 7) is 5.52. The van der Waals surface area contributed by atoms with Crippen molar-refractivity contribution in [2.24, 2.45) is 11.7 Å². The van der Waals surface area contributed by atoms with E-state index in [4.69, 9.17) is 10.5 Å². The van der Waals surface area contributed by atoms with Crippen LogP contribution in [0.15, 0.2) is 0 Å². The molecule has 104 valence electrons. The highest BCUT2D eigenvalue weighted by molar-refractivity contribution is 5.00. The molecule has 3 aliphatic rings.